The van der Waals surface area contributed by atoms with Crippen LogP contribution in [0.2, 0.25) is 5.02 Å². The lowest BCUT2D eigenvalue weighted by atomic mass is 9.84. The molecule has 0 saturated heterocycles. The van der Waals surface area contributed by atoms with E-state index in [0.29, 0.717) is 45.3 Å². The minimum atomic E-state index is -1.05. The number of hydrogen-bond donors (Lipinski definition) is 3. The van der Waals surface area contributed by atoms with Crippen molar-refractivity contribution in [3.63, 3.8) is 0 Å². The second-order valence-corrected chi connectivity index (χ2v) is 9.61. The number of primary amides is 1. The van der Waals surface area contributed by atoms with E-state index < -0.39 is 29.8 Å². The molecule has 0 bridgehead atoms. The number of carbonyl (C=O) groups is 2. The Hall–Kier alpha value is -3.56. The molecule has 0 spiro atoms. The third-order valence-electron chi connectivity index (χ3n) is 6.80. The summed E-state index contributed by atoms with van der Waals surface area (Å²) in [5.74, 6) is -1.93. The first-order valence-corrected chi connectivity index (χ1v) is 12.4. The first kappa shape index (κ1) is 26.5. The molecule has 194 valence electrons. The fraction of sp³-hybridized carbons (Fsp3) is 0.333. The first-order chi connectivity index (χ1) is 17.6. The van der Waals surface area contributed by atoms with E-state index in [1.165, 1.54) is 17.2 Å². The second-order valence-electron chi connectivity index (χ2n) is 9.21. The Balaban J connectivity index is 1.67. The predicted octanol–water partition coefficient (Wildman–Crippen LogP) is 4.04. The quantitative estimate of drug-likeness (QED) is 0.387. The van der Waals surface area contributed by atoms with E-state index in [0.717, 1.165) is 5.56 Å². The van der Waals surface area contributed by atoms with Crippen molar-refractivity contribution in [3.05, 3.63) is 75.7 Å². The average molecular weight is 526 g/mol. The molecule has 2 amide bonds. The van der Waals surface area contributed by atoms with E-state index in [4.69, 9.17) is 17.3 Å². The highest BCUT2D eigenvalue weighted by atomic mass is 35.5. The molecule has 2 heterocycles. The molecule has 4 N–H and O–H groups in total. The van der Waals surface area contributed by atoms with Gasteiger partial charge < -0.3 is 21.1 Å². The molecular formula is C27H29ClFN5O3. The van der Waals surface area contributed by atoms with Crippen LogP contribution >= 0.6 is 11.6 Å². The van der Waals surface area contributed by atoms with Crippen LogP contribution in [0, 0.1) is 12.7 Å². The van der Waals surface area contributed by atoms with E-state index in [9.17, 15) is 19.1 Å². The lowest BCUT2D eigenvalue weighted by Crippen LogP contribution is -2.46. The summed E-state index contributed by atoms with van der Waals surface area (Å²) >= 11 is 6.31. The number of aryl methyl sites for hydroxylation is 1. The van der Waals surface area contributed by atoms with Crippen LogP contribution in [0.5, 0.6) is 0 Å². The van der Waals surface area contributed by atoms with Gasteiger partial charge in [-0.15, -0.1) is 0 Å². The Morgan fingerprint density at radius 1 is 1.30 bits per heavy atom. The first-order valence-electron chi connectivity index (χ1n) is 12.0. The number of nitrogens with zero attached hydrogens (tertiary/aromatic N) is 3. The normalized spacial score (nSPS) is 15.3. The number of halogens is 2. The number of nitrogens with two attached hydrogens (primary N) is 1. The molecule has 0 saturated carbocycles. The maximum Gasteiger partial charge on any atom is 0.255 e. The van der Waals surface area contributed by atoms with Gasteiger partial charge in [0.1, 0.15) is 11.9 Å². The molecule has 1 aromatic heterocycles. The largest absolute Gasteiger partial charge is 0.393 e. The number of fused-ring (bicyclic) bond motifs is 1. The highest BCUT2D eigenvalue weighted by molar-refractivity contribution is 6.33. The molecule has 37 heavy (non-hydrogen) atoms. The topological polar surface area (TPSA) is 121 Å². The van der Waals surface area contributed by atoms with Crippen molar-refractivity contribution in [2.75, 3.05) is 12.4 Å². The minimum Gasteiger partial charge on any atom is -0.393 e. The van der Waals surface area contributed by atoms with Crippen molar-refractivity contribution in [2.45, 2.75) is 51.3 Å². The number of carbonyl (C=O) groups excluding carboxylic acids is 2. The molecule has 2 aromatic carbocycles. The van der Waals surface area contributed by atoms with Crippen LogP contribution in [0.3, 0.4) is 0 Å². The lowest BCUT2D eigenvalue weighted by Gasteiger charge is -2.31. The number of rotatable bonds is 9. The SMILES string of the molecule is CC[C@H](O)[C@@H](C[C@H](C(N)=O)N1Cc2ccc(-c3nc(NC)ncc3Cl)cc2C1=O)c1cc(C)ccc1F. The summed E-state index contributed by atoms with van der Waals surface area (Å²) in [5.41, 5.74) is 9.09. The second kappa shape index (κ2) is 10.8. The predicted molar refractivity (Wildman–Crippen MR) is 140 cm³/mol. The summed E-state index contributed by atoms with van der Waals surface area (Å²) in [4.78, 5) is 36.0. The van der Waals surface area contributed by atoms with Crippen molar-refractivity contribution in [1.82, 2.24) is 14.9 Å². The fourth-order valence-corrected chi connectivity index (χ4v) is 4.97. The molecule has 10 heteroatoms. The monoisotopic (exact) mass is 525 g/mol. The molecule has 4 rings (SSSR count). The van der Waals surface area contributed by atoms with Crippen LogP contribution in [0.25, 0.3) is 11.3 Å². The van der Waals surface area contributed by atoms with Gasteiger partial charge in [-0.05, 0) is 43.0 Å². The average Bonchev–Trinajstić information content (AvgIpc) is 3.21. The number of amides is 2. The third kappa shape index (κ3) is 5.28. The minimum absolute atomic E-state index is 0.0133. The molecular weight excluding hydrogens is 497 g/mol. The molecule has 8 nitrogen and oxygen atoms in total. The van der Waals surface area contributed by atoms with Gasteiger partial charge in [0.15, 0.2) is 0 Å². The fourth-order valence-electron chi connectivity index (χ4n) is 4.77. The molecule has 1 aliphatic heterocycles. The number of aliphatic hydroxyl groups excluding tert-OH is 1. The number of aliphatic hydroxyl groups is 1. The molecule has 3 aromatic rings. The summed E-state index contributed by atoms with van der Waals surface area (Å²) in [7, 11) is 1.69. The highest BCUT2D eigenvalue weighted by Gasteiger charge is 2.39. The summed E-state index contributed by atoms with van der Waals surface area (Å²) in [6, 6.07) is 8.87. The van der Waals surface area contributed by atoms with Crippen LogP contribution in [0.4, 0.5) is 10.3 Å². The third-order valence-corrected chi connectivity index (χ3v) is 7.08. The van der Waals surface area contributed by atoms with Crippen LogP contribution in [0.1, 0.15) is 52.7 Å². The Kier molecular flexibility index (Phi) is 7.75. The standard InChI is InChI=1S/C27H29ClFN5O3/c1-4-23(35)19(18-9-14(2)5-8-21(18)29)11-22(25(30)36)34-13-16-7-6-15(10-17(16)26(34)37)24-20(28)12-32-27(31-3)33-24/h5-10,12,19,22-23,35H,4,11,13H2,1-3H3,(H2,30,36)(H,31,32,33)/t19-,22+,23-/m0/s1. The molecule has 1 aliphatic rings. The maximum absolute atomic E-state index is 14.8. The van der Waals surface area contributed by atoms with Crippen molar-refractivity contribution in [3.8, 4) is 11.3 Å². The van der Waals surface area contributed by atoms with Crippen molar-refractivity contribution in [1.29, 1.82) is 0 Å². The van der Waals surface area contributed by atoms with E-state index in [2.05, 4.69) is 15.3 Å². The summed E-state index contributed by atoms with van der Waals surface area (Å²) in [5, 5.41) is 14.0. The van der Waals surface area contributed by atoms with Gasteiger partial charge in [0, 0.05) is 30.6 Å². The molecule has 0 fully saturated rings. The summed E-state index contributed by atoms with van der Waals surface area (Å²) in [6.45, 7) is 3.76. The van der Waals surface area contributed by atoms with Gasteiger partial charge in [-0.25, -0.2) is 14.4 Å². The Bertz CT molecular complexity index is 1350. The Morgan fingerprint density at radius 2 is 2.05 bits per heavy atom. The Labute approximate surface area is 219 Å². The molecule has 0 radical (unpaired) electrons. The van der Waals surface area contributed by atoms with Gasteiger partial charge in [-0.1, -0.05) is 48.4 Å². The van der Waals surface area contributed by atoms with Crippen LogP contribution in [-0.2, 0) is 11.3 Å². The van der Waals surface area contributed by atoms with E-state index in [1.54, 1.807) is 44.3 Å². The highest BCUT2D eigenvalue weighted by Crippen LogP contribution is 2.36. The Morgan fingerprint density at radius 3 is 2.73 bits per heavy atom. The van der Waals surface area contributed by atoms with Gasteiger partial charge in [0.2, 0.25) is 11.9 Å². The number of nitrogens with one attached hydrogen (secondary N) is 1. The van der Waals surface area contributed by atoms with Gasteiger partial charge in [-0.3, -0.25) is 9.59 Å². The smallest absolute Gasteiger partial charge is 0.255 e. The van der Waals surface area contributed by atoms with Crippen LogP contribution in [0.15, 0.2) is 42.6 Å². The number of aromatic nitrogens is 2. The van der Waals surface area contributed by atoms with Crippen molar-refractivity contribution in [2.24, 2.45) is 5.73 Å². The zero-order chi connectivity index (χ0) is 26.9. The lowest BCUT2D eigenvalue weighted by molar-refractivity contribution is -0.123. The van der Waals surface area contributed by atoms with Crippen LogP contribution in [-0.4, -0.2) is 51.0 Å². The molecule has 0 unspecified atom stereocenters. The maximum atomic E-state index is 14.8. The summed E-state index contributed by atoms with van der Waals surface area (Å²) in [6.07, 6.45) is 0.880. The van der Waals surface area contributed by atoms with Gasteiger partial charge in [0.25, 0.3) is 5.91 Å². The molecule has 0 aliphatic carbocycles. The number of hydrogen-bond acceptors (Lipinski definition) is 6. The van der Waals surface area contributed by atoms with Crippen molar-refractivity contribution >= 4 is 29.4 Å². The van der Waals surface area contributed by atoms with E-state index in [-0.39, 0.29) is 18.9 Å². The van der Waals surface area contributed by atoms with Gasteiger partial charge in [0.05, 0.1) is 23.0 Å². The van der Waals surface area contributed by atoms with Gasteiger partial charge >= 0.3 is 0 Å². The van der Waals surface area contributed by atoms with Gasteiger partial charge in [-0.2, -0.15) is 0 Å². The molecule has 3 atom stereocenters. The summed E-state index contributed by atoms with van der Waals surface area (Å²) < 4.78 is 14.8. The number of benzene rings is 2. The zero-order valence-electron chi connectivity index (χ0n) is 20.8. The van der Waals surface area contributed by atoms with Crippen molar-refractivity contribution < 1.29 is 19.1 Å². The zero-order valence-corrected chi connectivity index (χ0v) is 21.6. The van der Waals surface area contributed by atoms with E-state index >= 15 is 0 Å². The number of anilines is 1. The van der Waals surface area contributed by atoms with Crippen LogP contribution < -0.4 is 11.1 Å². The van der Waals surface area contributed by atoms with E-state index in [1.807, 2.05) is 6.92 Å².